The molecule has 0 atom stereocenters. The molecule has 0 radical (unpaired) electrons. The highest BCUT2D eigenvalue weighted by Crippen LogP contribution is 2.39. The fourth-order valence-electron chi connectivity index (χ4n) is 4.29. The fourth-order valence-corrected chi connectivity index (χ4v) is 5.59. The first kappa shape index (κ1) is 23.1. The van der Waals surface area contributed by atoms with Gasteiger partial charge in [0.15, 0.2) is 5.82 Å². The zero-order chi connectivity index (χ0) is 23.7. The van der Waals surface area contributed by atoms with Crippen LogP contribution < -0.4 is 20.8 Å². The third-order valence-electron chi connectivity index (χ3n) is 5.98. The van der Waals surface area contributed by atoms with Crippen molar-refractivity contribution in [2.45, 2.75) is 13.2 Å². The highest BCUT2D eigenvalue weighted by atomic mass is 35.5. The first-order valence-corrected chi connectivity index (χ1v) is 14.1. The molecule has 8 nitrogen and oxygen atoms in total. The summed E-state index contributed by atoms with van der Waals surface area (Å²) in [6, 6.07) is 11.6. The van der Waals surface area contributed by atoms with Gasteiger partial charge in [-0.25, -0.2) is 4.98 Å². The van der Waals surface area contributed by atoms with Crippen molar-refractivity contribution < 1.29 is 14.0 Å². The van der Waals surface area contributed by atoms with Crippen LogP contribution >= 0.6 is 18.7 Å². The van der Waals surface area contributed by atoms with Crippen LogP contribution in [-0.4, -0.2) is 49.6 Å². The SMILES string of the molecule is CP(C)(=O)c1ccccc1Nc1nc(Nc2ccc(N3CCOCC3)c3c2COC3)ncc1Cl. The van der Waals surface area contributed by atoms with Gasteiger partial charge in [-0.15, -0.1) is 0 Å². The number of hydrogen-bond acceptors (Lipinski definition) is 8. The summed E-state index contributed by atoms with van der Waals surface area (Å²) in [5.74, 6) is 0.853. The Hall–Kier alpha value is -2.64. The number of nitrogens with one attached hydrogen (secondary N) is 2. The Kier molecular flexibility index (Phi) is 6.49. The lowest BCUT2D eigenvalue weighted by molar-refractivity contribution is 0.121. The van der Waals surface area contributed by atoms with Gasteiger partial charge in [0.2, 0.25) is 5.95 Å². The van der Waals surface area contributed by atoms with E-state index in [-0.39, 0.29) is 0 Å². The van der Waals surface area contributed by atoms with Crippen molar-refractivity contribution in [1.82, 2.24) is 9.97 Å². The highest BCUT2D eigenvalue weighted by Gasteiger charge is 2.24. The van der Waals surface area contributed by atoms with Crippen molar-refractivity contribution in [2.24, 2.45) is 0 Å². The molecule has 0 bridgehead atoms. The number of benzene rings is 2. The molecule has 178 valence electrons. The molecule has 5 rings (SSSR count). The number of morpholine rings is 1. The molecule has 1 fully saturated rings. The summed E-state index contributed by atoms with van der Waals surface area (Å²) in [7, 11) is -2.49. The predicted octanol–water partition coefficient (Wildman–Crippen LogP) is 4.73. The van der Waals surface area contributed by atoms with Crippen LogP contribution in [0.1, 0.15) is 11.1 Å². The van der Waals surface area contributed by atoms with E-state index in [9.17, 15) is 4.57 Å². The topological polar surface area (TPSA) is 88.6 Å². The monoisotopic (exact) mass is 499 g/mol. The Morgan fingerprint density at radius 3 is 2.53 bits per heavy atom. The second-order valence-corrected chi connectivity index (χ2v) is 12.3. The molecule has 0 spiro atoms. The molecule has 2 N–H and O–H groups in total. The molecule has 34 heavy (non-hydrogen) atoms. The zero-order valence-corrected chi connectivity index (χ0v) is 20.8. The molecule has 3 aromatic rings. The molecule has 0 aliphatic carbocycles. The average molecular weight is 500 g/mol. The number of halogens is 1. The molecule has 0 saturated carbocycles. The van der Waals surface area contributed by atoms with Crippen LogP contribution in [0.15, 0.2) is 42.6 Å². The van der Waals surface area contributed by atoms with Crippen molar-refractivity contribution in [3.05, 3.63) is 58.7 Å². The molecule has 2 aliphatic heterocycles. The van der Waals surface area contributed by atoms with Gasteiger partial charge in [-0.1, -0.05) is 23.7 Å². The summed E-state index contributed by atoms with van der Waals surface area (Å²) in [5.41, 5.74) is 5.12. The predicted molar refractivity (Wildman–Crippen MR) is 137 cm³/mol. The van der Waals surface area contributed by atoms with Gasteiger partial charge in [0.25, 0.3) is 0 Å². The maximum Gasteiger partial charge on any atom is 0.229 e. The molecule has 2 aromatic carbocycles. The van der Waals surface area contributed by atoms with Gasteiger partial charge in [0.1, 0.15) is 12.2 Å². The highest BCUT2D eigenvalue weighted by molar-refractivity contribution is 7.70. The third kappa shape index (κ3) is 4.77. The minimum atomic E-state index is -2.49. The van der Waals surface area contributed by atoms with Gasteiger partial charge in [-0.05, 0) is 37.6 Å². The minimum Gasteiger partial charge on any atom is -0.378 e. The van der Waals surface area contributed by atoms with E-state index in [2.05, 4.69) is 31.6 Å². The van der Waals surface area contributed by atoms with Gasteiger partial charge in [0.05, 0.1) is 38.3 Å². The number of hydrogen-bond donors (Lipinski definition) is 2. The third-order valence-corrected chi connectivity index (χ3v) is 7.81. The summed E-state index contributed by atoms with van der Waals surface area (Å²) >= 11 is 6.40. The molecule has 2 aliphatic rings. The van der Waals surface area contributed by atoms with Gasteiger partial charge in [0, 0.05) is 40.9 Å². The van der Waals surface area contributed by atoms with E-state index < -0.39 is 7.14 Å². The first-order chi connectivity index (χ1) is 16.4. The van der Waals surface area contributed by atoms with Gasteiger partial charge in [-0.2, -0.15) is 4.98 Å². The summed E-state index contributed by atoms with van der Waals surface area (Å²) in [4.78, 5) is 11.3. The van der Waals surface area contributed by atoms with Crippen molar-refractivity contribution in [3.8, 4) is 0 Å². The van der Waals surface area contributed by atoms with Crippen LogP contribution in [0.5, 0.6) is 0 Å². The molecular weight excluding hydrogens is 473 g/mol. The van der Waals surface area contributed by atoms with E-state index in [1.54, 1.807) is 19.5 Å². The molecule has 3 heterocycles. The van der Waals surface area contributed by atoms with Crippen molar-refractivity contribution >= 4 is 52.9 Å². The maximum absolute atomic E-state index is 12.7. The standard InChI is InChI=1S/C24H27ClN5O3P/c1-34(2,31)22-6-4-3-5-20(22)27-23-18(25)13-26-24(29-23)28-19-7-8-21(17-15-33-14-16(17)19)30-9-11-32-12-10-30/h3-8,13H,9-12,14-15H2,1-2H3,(H2,26,27,28,29). The van der Waals surface area contributed by atoms with E-state index in [1.165, 1.54) is 11.3 Å². The minimum absolute atomic E-state index is 0.374. The normalized spacial score (nSPS) is 15.8. The average Bonchev–Trinajstić information content (AvgIpc) is 3.32. The Bertz CT molecular complexity index is 1260. The number of fused-ring (bicyclic) bond motifs is 1. The summed E-state index contributed by atoms with van der Waals surface area (Å²) in [6.07, 6.45) is 1.55. The second kappa shape index (κ2) is 9.55. The lowest BCUT2D eigenvalue weighted by Crippen LogP contribution is -2.36. The Morgan fingerprint density at radius 1 is 0.971 bits per heavy atom. The number of para-hydroxylation sites is 1. The fraction of sp³-hybridized carbons (Fsp3) is 0.333. The quantitative estimate of drug-likeness (QED) is 0.470. The Morgan fingerprint density at radius 2 is 1.74 bits per heavy atom. The zero-order valence-electron chi connectivity index (χ0n) is 19.2. The first-order valence-electron chi connectivity index (χ1n) is 11.2. The number of anilines is 5. The van der Waals surface area contributed by atoms with Gasteiger partial charge in [-0.3, -0.25) is 0 Å². The van der Waals surface area contributed by atoms with E-state index in [1.807, 2.05) is 30.3 Å². The molecule has 0 amide bonds. The number of rotatable bonds is 6. The van der Waals surface area contributed by atoms with E-state index in [4.69, 9.17) is 21.1 Å². The summed E-state index contributed by atoms with van der Waals surface area (Å²) < 4.78 is 24.0. The van der Waals surface area contributed by atoms with Crippen LogP contribution in [0, 0.1) is 0 Å². The van der Waals surface area contributed by atoms with Crippen molar-refractivity contribution in [1.29, 1.82) is 0 Å². The Labute approximate surface area is 204 Å². The molecule has 1 saturated heterocycles. The van der Waals surface area contributed by atoms with E-state index >= 15 is 0 Å². The lowest BCUT2D eigenvalue weighted by atomic mass is 10.0. The number of aromatic nitrogens is 2. The summed E-state index contributed by atoms with van der Waals surface area (Å²) in [5, 5.41) is 7.69. The van der Waals surface area contributed by atoms with Crippen LogP contribution in [-0.2, 0) is 27.3 Å². The van der Waals surface area contributed by atoms with Crippen molar-refractivity contribution in [3.63, 3.8) is 0 Å². The molecule has 1 aromatic heterocycles. The van der Waals surface area contributed by atoms with Crippen LogP contribution in [0.4, 0.5) is 28.8 Å². The molecular formula is C24H27ClN5O3P. The van der Waals surface area contributed by atoms with Gasteiger partial charge < -0.3 is 29.6 Å². The molecule has 0 unspecified atom stereocenters. The smallest absolute Gasteiger partial charge is 0.229 e. The number of nitrogens with zero attached hydrogens (tertiary/aromatic N) is 3. The van der Waals surface area contributed by atoms with Crippen LogP contribution in [0.2, 0.25) is 5.02 Å². The van der Waals surface area contributed by atoms with Crippen LogP contribution in [0.25, 0.3) is 0 Å². The molecule has 10 heteroatoms. The maximum atomic E-state index is 12.7. The second-order valence-electron chi connectivity index (χ2n) is 8.69. The largest absolute Gasteiger partial charge is 0.378 e. The summed E-state index contributed by atoms with van der Waals surface area (Å²) in [6.45, 7) is 7.81. The van der Waals surface area contributed by atoms with Crippen molar-refractivity contribution in [2.75, 3.05) is 55.2 Å². The van der Waals surface area contributed by atoms with E-state index in [0.717, 1.165) is 42.9 Å². The lowest BCUT2D eigenvalue weighted by Gasteiger charge is -2.30. The van der Waals surface area contributed by atoms with E-state index in [0.29, 0.717) is 35.7 Å². The van der Waals surface area contributed by atoms with Gasteiger partial charge >= 0.3 is 0 Å². The Balaban J connectivity index is 1.42. The van der Waals surface area contributed by atoms with Crippen LogP contribution in [0.3, 0.4) is 0 Å². The number of ether oxygens (including phenoxy) is 2.